The van der Waals surface area contributed by atoms with Crippen LogP contribution in [0.3, 0.4) is 0 Å². The number of likely N-dealkylation sites (tertiary alicyclic amines) is 2. The largest absolute Gasteiger partial charge is 0.342 e. The molecule has 2 aliphatic heterocycles. The summed E-state index contributed by atoms with van der Waals surface area (Å²) >= 11 is 0. The molecule has 3 heterocycles. The highest BCUT2D eigenvalue weighted by Gasteiger charge is 2.32. The molecule has 3 aromatic rings. The summed E-state index contributed by atoms with van der Waals surface area (Å²) in [6.45, 7) is 2.87. The van der Waals surface area contributed by atoms with Gasteiger partial charge in [-0.15, -0.1) is 5.10 Å². The minimum atomic E-state index is -0.175. The van der Waals surface area contributed by atoms with Crippen molar-refractivity contribution in [2.45, 2.75) is 32.1 Å². The molecular weight excluding hydrogens is 414 g/mol. The Morgan fingerprint density at radius 1 is 0.758 bits per heavy atom. The first kappa shape index (κ1) is 21.4. The van der Waals surface area contributed by atoms with Gasteiger partial charge in [0.1, 0.15) is 0 Å². The molecule has 0 radical (unpaired) electrons. The molecule has 170 valence electrons. The van der Waals surface area contributed by atoms with Gasteiger partial charge in [-0.1, -0.05) is 48.5 Å². The molecule has 0 N–H and O–H groups in total. The van der Waals surface area contributed by atoms with E-state index in [0.29, 0.717) is 31.8 Å². The standard InChI is InChI=1S/C26H29N5O2/c32-25(29-16-8-3-9-17-29)21-14-18-30(19-15-21)26(33)23-27-24(20-10-4-1-5-11-20)31(28-23)22-12-6-2-7-13-22/h1-2,4-7,10-13,21H,3,8-9,14-19H2. The first-order chi connectivity index (χ1) is 16.2. The zero-order chi connectivity index (χ0) is 22.6. The number of carbonyl (C=O) groups is 2. The normalized spacial score (nSPS) is 17.2. The molecule has 33 heavy (non-hydrogen) atoms. The number of aromatic nitrogens is 3. The average molecular weight is 444 g/mol. The predicted molar refractivity (Wildman–Crippen MR) is 126 cm³/mol. The molecule has 0 bridgehead atoms. The quantitative estimate of drug-likeness (QED) is 0.615. The van der Waals surface area contributed by atoms with Crippen molar-refractivity contribution in [3.63, 3.8) is 0 Å². The first-order valence-corrected chi connectivity index (χ1v) is 11.9. The van der Waals surface area contributed by atoms with E-state index >= 15 is 0 Å². The van der Waals surface area contributed by atoms with Gasteiger partial charge in [-0.2, -0.15) is 0 Å². The van der Waals surface area contributed by atoms with Gasteiger partial charge in [0, 0.05) is 37.7 Å². The molecule has 0 saturated carbocycles. The summed E-state index contributed by atoms with van der Waals surface area (Å²) < 4.78 is 1.73. The highest BCUT2D eigenvalue weighted by molar-refractivity contribution is 5.91. The maximum Gasteiger partial charge on any atom is 0.293 e. The second-order valence-corrected chi connectivity index (χ2v) is 8.82. The Morgan fingerprint density at radius 3 is 2.06 bits per heavy atom. The van der Waals surface area contributed by atoms with Gasteiger partial charge in [0.15, 0.2) is 5.82 Å². The van der Waals surface area contributed by atoms with E-state index < -0.39 is 0 Å². The van der Waals surface area contributed by atoms with E-state index in [1.165, 1.54) is 6.42 Å². The lowest BCUT2D eigenvalue weighted by atomic mass is 9.94. The second-order valence-electron chi connectivity index (χ2n) is 8.82. The number of rotatable bonds is 4. The molecule has 2 aliphatic rings. The zero-order valence-corrected chi connectivity index (χ0v) is 18.8. The lowest BCUT2D eigenvalue weighted by Crippen LogP contribution is -2.45. The third kappa shape index (κ3) is 4.53. The van der Waals surface area contributed by atoms with E-state index in [4.69, 9.17) is 0 Å². The summed E-state index contributed by atoms with van der Waals surface area (Å²) in [5, 5.41) is 4.60. The number of carbonyl (C=O) groups excluding carboxylic acids is 2. The van der Waals surface area contributed by atoms with Gasteiger partial charge in [0.05, 0.1) is 5.69 Å². The summed E-state index contributed by atoms with van der Waals surface area (Å²) in [5.74, 6) is 0.936. The van der Waals surface area contributed by atoms with Crippen molar-refractivity contribution in [2.75, 3.05) is 26.2 Å². The topological polar surface area (TPSA) is 71.3 Å². The van der Waals surface area contributed by atoms with Crippen LogP contribution in [0.15, 0.2) is 60.7 Å². The molecule has 2 aromatic carbocycles. The Balaban J connectivity index is 1.33. The van der Waals surface area contributed by atoms with Crippen molar-refractivity contribution in [1.29, 1.82) is 0 Å². The van der Waals surface area contributed by atoms with Crippen molar-refractivity contribution in [2.24, 2.45) is 5.92 Å². The van der Waals surface area contributed by atoms with Crippen LogP contribution >= 0.6 is 0 Å². The van der Waals surface area contributed by atoms with Gasteiger partial charge in [-0.3, -0.25) is 9.59 Å². The van der Waals surface area contributed by atoms with E-state index in [0.717, 1.165) is 37.2 Å². The van der Waals surface area contributed by atoms with Crippen LogP contribution in [0.5, 0.6) is 0 Å². The van der Waals surface area contributed by atoms with Gasteiger partial charge >= 0.3 is 0 Å². The van der Waals surface area contributed by atoms with E-state index in [2.05, 4.69) is 10.1 Å². The fourth-order valence-corrected chi connectivity index (χ4v) is 4.77. The molecule has 7 heteroatoms. The third-order valence-corrected chi connectivity index (χ3v) is 6.63. The van der Waals surface area contributed by atoms with Crippen molar-refractivity contribution in [3.8, 4) is 17.1 Å². The molecule has 0 atom stereocenters. The number of benzene rings is 2. The van der Waals surface area contributed by atoms with Crippen LogP contribution in [0.2, 0.25) is 0 Å². The maximum atomic E-state index is 13.3. The van der Waals surface area contributed by atoms with Crippen LogP contribution in [0.4, 0.5) is 0 Å². The number of piperidine rings is 2. The predicted octanol–water partition coefficient (Wildman–Crippen LogP) is 3.80. The number of hydrogen-bond acceptors (Lipinski definition) is 4. The Kier molecular flexibility index (Phi) is 6.19. The SMILES string of the molecule is O=C(c1nc(-c2ccccc2)n(-c2ccccc2)n1)N1CCC(C(=O)N2CCCCC2)CC1. The molecule has 7 nitrogen and oxygen atoms in total. The summed E-state index contributed by atoms with van der Waals surface area (Å²) in [5.41, 5.74) is 1.76. The molecule has 1 aromatic heterocycles. The van der Waals surface area contributed by atoms with Crippen molar-refractivity contribution in [1.82, 2.24) is 24.6 Å². The van der Waals surface area contributed by atoms with Crippen LogP contribution in [0.1, 0.15) is 42.7 Å². The van der Waals surface area contributed by atoms with Crippen LogP contribution < -0.4 is 0 Å². The van der Waals surface area contributed by atoms with Crippen molar-refractivity contribution in [3.05, 3.63) is 66.5 Å². The molecule has 2 fully saturated rings. The second kappa shape index (κ2) is 9.57. The van der Waals surface area contributed by atoms with Crippen molar-refractivity contribution < 1.29 is 9.59 Å². The minimum absolute atomic E-state index is 0.0156. The van der Waals surface area contributed by atoms with Crippen LogP contribution in [-0.2, 0) is 4.79 Å². The highest BCUT2D eigenvalue weighted by Crippen LogP contribution is 2.25. The smallest absolute Gasteiger partial charge is 0.293 e. The maximum absolute atomic E-state index is 13.3. The summed E-state index contributed by atoms with van der Waals surface area (Å²) in [6, 6.07) is 19.5. The van der Waals surface area contributed by atoms with E-state index in [9.17, 15) is 9.59 Å². The lowest BCUT2D eigenvalue weighted by Gasteiger charge is -2.35. The molecule has 2 saturated heterocycles. The van der Waals surface area contributed by atoms with Crippen LogP contribution in [0, 0.1) is 5.92 Å². The summed E-state index contributed by atoms with van der Waals surface area (Å²) in [6.07, 6.45) is 4.81. The van der Waals surface area contributed by atoms with Crippen molar-refractivity contribution >= 4 is 11.8 Å². The minimum Gasteiger partial charge on any atom is -0.342 e. The lowest BCUT2D eigenvalue weighted by molar-refractivity contribution is -0.137. The highest BCUT2D eigenvalue weighted by atomic mass is 16.2. The first-order valence-electron chi connectivity index (χ1n) is 11.9. The van der Waals surface area contributed by atoms with Gasteiger partial charge in [-0.05, 0) is 44.2 Å². The number of amides is 2. The van der Waals surface area contributed by atoms with Crippen LogP contribution in [-0.4, -0.2) is 62.6 Å². The molecule has 0 unspecified atom stereocenters. The molecular formula is C26H29N5O2. The molecule has 2 amide bonds. The van der Waals surface area contributed by atoms with Gasteiger partial charge in [-0.25, -0.2) is 9.67 Å². The fourth-order valence-electron chi connectivity index (χ4n) is 4.77. The Hall–Kier alpha value is -3.48. The number of hydrogen-bond donors (Lipinski definition) is 0. The van der Waals surface area contributed by atoms with Gasteiger partial charge in [0.2, 0.25) is 11.7 Å². The monoisotopic (exact) mass is 443 g/mol. The van der Waals surface area contributed by atoms with Crippen LogP contribution in [0.25, 0.3) is 17.1 Å². The van der Waals surface area contributed by atoms with E-state index in [-0.39, 0.29) is 23.6 Å². The Bertz CT molecular complexity index is 1040. The Morgan fingerprint density at radius 2 is 1.39 bits per heavy atom. The Labute approximate surface area is 194 Å². The fraction of sp³-hybridized carbons (Fsp3) is 0.385. The van der Waals surface area contributed by atoms with Gasteiger partial charge < -0.3 is 9.80 Å². The van der Waals surface area contributed by atoms with Gasteiger partial charge in [0.25, 0.3) is 5.91 Å². The van der Waals surface area contributed by atoms with E-state index in [1.807, 2.05) is 65.6 Å². The zero-order valence-electron chi connectivity index (χ0n) is 18.8. The van der Waals surface area contributed by atoms with E-state index in [1.54, 1.807) is 9.58 Å². The molecule has 0 aliphatic carbocycles. The molecule has 5 rings (SSSR count). The summed E-state index contributed by atoms with van der Waals surface area (Å²) in [7, 11) is 0. The number of para-hydroxylation sites is 1. The third-order valence-electron chi connectivity index (χ3n) is 6.63. The molecule has 0 spiro atoms. The summed E-state index contributed by atoms with van der Waals surface area (Å²) in [4.78, 5) is 34.6. The number of nitrogens with zero attached hydrogens (tertiary/aromatic N) is 5. The average Bonchev–Trinajstić information content (AvgIpc) is 3.35.